The Morgan fingerprint density at radius 3 is 2.66 bits per heavy atom. The van der Waals surface area contributed by atoms with Crippen molar-refractivity contribution < 1.29 is 28.2 Å². The molecule has 2 bridgehead atoms. The number of nitrogens with zero attached hydrogens (tertiary/aromatic N) is 2. The Morgan fingerprint density at radius 1 is 1.24 bits per heavy atom. The van der Waals surface area contributed by atoms with Gasteiger partial charge in [-0.05, 0) is 82.2 Å². The number of hydrogen-bond donors (Lipinski definition) is 1. The zero-order valence-electron chi connectivity index (χ0n) is 22.0. The number of piperidine rings is 1. The number of carbonyl (C=O) groups excluding carboxylic acids is 3. The number of ether oxygens (including phenoxy) is 2. The standard InChI is InChI=1S/C28H32FN3O5S/c1-5-36-26(34)23-11-10-22(38-23)17-7-6-16(21(29)14-17)12-19(15-30)31-25(33)24-18-8-9-20(13-18)32(24)27(35)37-28(2,3)4/h6-7,10-11,14,18-20,24H,5,8-9,12-13H2,1-4H3,(H,31,33). The Hall–Kier alpha value is -3.45. The van der Waals surface area contributed by atoms with Crippen molar-refractivity contribution in [2.75, 3.05) is 6.61 Å². The van der Waals surface area contributed by atoms with E-state index >= 15 is 4.39 Å². The average Bonchev–Trinajstić information content (AvgIpc) is 3.60. The van der Waals surface area contributed by atoms with Crippen LogP contribution in [0.2, 0.25) is 0 Å². The van der Waals surface area contributed by atoms with E-state index in [-0.39, 0.29) is 30.6 Å². The van der Waals surface area contributed by atoms with E-state index in [9.17, 15) is 19.6 Å². The second-order valence-electron chi connectivity index (χ2n) is 10.6. The van der Waals surface area contributed by atoms with Gasteiger partial charge in [-0.2, -0.15) is 5.26 Å². The van der Waals surface area contributed by atoms with E-state index in [0.29, 0.717) is 15.3 Å². The number of benzene rings is 1. The molecule has 4 unspecified atom stereocenters. The third-order valence-electron chi connectivity index (χ3n) is 6.77. The van der Waals surface area contributed by atoms with Crippen LogP contribution in [0.25, 0.3) is 10.4 Å². The molecule has 4 atom stereocenters. The summed E-state index contributed by atoms with van der Waals surface area (Å²) in [6, 6.07) is 8.33. The average molecular weight is 542 g/mol. The lowest BCUT2D eigenvalue weighted by Crippen LogP contribution is -2.55. The fraction of sp³-hybridized carbons (Fsp3) is 0.500. The van der Waals surface area contributed by atoms with E-state index < -0.39 is 41.5 Å². The van der Waals surface area contributed by atoms with E-state index in [2.05, 4.69) is 5.32 Å². The van der Waals surface area contributed by atoms with Crippen molar-refractivity contribution in [1.82, 2.24) is 10.2 Å². The summed E-state index contributed by atoms with van der Waals surface area (Å²) in [7, 11) is 0. The number of hydrogen-bond acceptors (Lipinski definition) is 7. The van der Waals surface area contributed by atoms with Gasteiger partial charge in [-0.1, -0.05) is 12.1 Å². The molecule has 1 saturated heterocycles. The van der Waals surface area contributed by atoms with Crippen LogP contribution in [0.1, 0.15) is 62.2 Å². The first-order valence-electron chi connectivity index (χ1n) is 12.8. The number of rotatable bonds is 7. The minimum atomic E-state index is -0.973. The van der Waals surface area contributed by atoms with Crippen molar-refractivity contribution in [3.63, 3.8) is 0 Å². The fourth-order valence-electron chi connectivity index (χ4n) is 5.18. The van der Waals surface area contributed by atoms with Crippen LogP contribution in [0, 0.1) is 23.1 Å². The van der Waals surface area contributed by atoms with Crippen LogP contribution in [0.3, 0.4) is 0 Å². The molecule has 2 fully saturated rings. The summed E-state index contributed by atoms with van der Waals surface area (Å²) < 4.78 is 25.6. The van der Waals surface area contributed by atoms with Crippen molar-refractivity contribution in [1.29, 1.82) is 5.26 Å². The number of fused-ring (bicyclic) bond motifs is 2. The number of esters is 1. The summed E-state index contributed by atoms with van der Waals surface area (Å²) in [5, 5.41) is 12.5. The molecule has 10 heteroatoms. The van der Waals surface area contributed by atoms with Crippen LogP contribution in [-0.2, 0) is 20.7 Å². The summed E-state index contributed by atoms with van der Waals surface area (Å²) in [4.78, 5) is 40.7. The molecule has 8 nitrogen and oxygen atoms in total. The maximum absolute atomic E-state index is 15.0. The molecule has 202 valence electrons. The third kappa shape index (κ3) is 5.99. The molecule has 0 spiro atoms. The van der Waals surface area contributed by atoms with Crippen molar-refractivity contribution in [3.8, 4) is 16.5 Å². The Balaban J connectivity index is 1.44. The molecular formula is C28H32FN3O5S. The molecule has 38 heavy (non-hydrogen) atoms. The zero-order valence-corrected chi connectivity index (χ0v) is 22.8. The van der Waals surface area contributed by atoms with Crippen molar-refractivity contribution in [2.24, 2.45) is 5.92 Å². The van der Waals surface area contributed by atoms with Gasteiger partial charge < -0.3 is 14.8 Å². The highest BCUT2D eigenvalue weighted by atomic mass is 32.1. The van der Waals surface area contributed by atoms with Gasteiger partial charge in [0.2, 0.25) is 5.91 Å². The quantitative estimate of drug-likeness (QED) is 0.491. The predicted octanol–water partition coefficient (Wildman–Crippen LogP) is 5.07. The van der Waals surface area contributed by atoms with E-state index in [4.69, 9.17) is 9.47 Å². The van der Waals surface area contributed by atoms with Gasteiger partial charge in [0, 0.05) is 17.3 Å². The summed E-state index contributed by atoms with van der Waals surface area (Å²) in [6.07, 6.45) is 1.82. The lowest BCUT2D eigenvalue weighted by atomic mass is 9.97. The second-order valence-corrected chi connectivity index (χ2v) is 11.7. The molecule has 1 aromatic carbocycles. The lowest BCUT2D eigenvalue weighted by Gasteiger charge is -2.35. The number of thiophene rings is 1. The third-order valence-corrected chi connectivity index (χ3v) is 7.89. The molecule has 2 amide bonds. The minimum Gasteiger partial charge on any atom is -0.462 e. The van der Waals surface area contributed by atoms with Crippen LogP contribution < -0.4 is 5.32 Å². The normalized spacial score (nSPS) is 21.1. The number of amides is 2. The first kappa shape index (κ1) is 27.6. The van der Waals surface area contributed by atoms with Crippen LogP contribution in [0.5, 0.6) is 0 Å². The first-order chi connectivity index (χ1) is 18.0. The largest absolute Gasteiger partial charge is 0.462 e. The maximum Gasteiger partial charge on any atom is 0.411 e. The lowest BCUT2D eigenvalue weighted by molar-refractivity contribution is -0.128. The highest BCUT2D eigenvalue weighted by Gasteiger charge is 2.52. The van der Waals surface area contributed by atoms with Crippen LogP contribution in [0.4, 0.5) is 9.18 Å². The topological polar surface area (TPSA) is 109 Å². The van der Waals surface area contributed by atoms with Gasteiger partial charge in [0.25, 0.3) is 0 Å². The molecule has 2 aromatic rings. The molecule has 1 N–H and O–H groups in total. The van der Waals surface area contributed by atoms with E-state index in [1.165, 1.54) is 22.3 Å². The summed E-state index contributed by atoms with van der Waals surface area (Å²) in [5.41, 5.74) is 0.182. The van der Waals surface area contributed by atoms with Crippen LogP contribution in [-0.4, -0.2) is 53.2 Å². The van der Waals surface area contributed by atoms with Crippen molar-refractivity contribution in [3.05, 3.63) is 46.6 Å². The molecule has 0 radical (unpaired) electrons. The predicted molar refractivity (Wildman–Crippen MR) is 140 cm³/mol. The van der Waals surface area contributed by atoms with Crippen LogP contribution >= 0.6 is 11.3 Å². The summed E-state index contributed by atoms with van der Waals surface area (Å²) >= 11 is 1.21. The molecule has 1 aliphatic heterocycles. The Morgan fingerprint density at radius 2 is 2.00 bits per heavy atom. The Kier molecular flexibility index (Phi) is 8.07. The number of carbonyl (C=O) groups is 3. The number of nitriles is 1. The van der Waals surface area contributed by atoms with Gasteiger partial charge in [-0.15, -0.1) is 11.3 Å². The number of nitrogens with one attached hydrogen (secondary N) is 1. The second kappa shape index (κ2) is 11.1. The minimum absolute atomic E-state index is 0.00757. The molecule has 1 saturated carbocycles. The SMILES string of the molecule is CCOC(=O)c1ccc(-c2ccc(CC(C#N)NC(=O)C3C4CCC(C4)N3C(=O)OC(C)(C)C)c(F)c2)s1. The van der Waals surface area contributed by atoms with Crippen molar-refractivity contribution in [2.45, 2.75) is 77.1 Å². The highest BCUT2D eigenvalue weighted by molar-refractivity contribution is 7.17. The van der Waals surface area contributed by atoms with Gasteiger partial charge in [0.1, 0.15) is 28.4 Å². The maximum atomic E-state index is 15.0. The van der Waals surface area contributed by atoms with Gasteiger partial charge in [-0.25, -0.2) is 14.0 Å². The van der Waals surface area contributed by atoms with Gasteiger partial charge in [-0.3, -0.25) is 9.69 Å². The Labute approximate surface area is 225 Å². The molecule has 2 aliphatic rings. The van der Waals surface area contributed by atoms with Gasteiger partial charge >= 0.3 is 12.1 Å². The molecule has 2 heterocycles. The van der Waals surface area contributed by atoms with Gasteiger partial charge in [0.15, 0.2) is 0 Å². The fourth-order valence-corrected chi connectivity index (χ4v) is 6.08. The summed E-state index contributed by atoms with van der Waals surface area (Å²) in [6.45, 7) is 7.33. The molecule has 4 rings (SSSR count). The molecule has 1 aliphatic carbocycles. The van der Waals surface area contributed by atoms with E-state index in [0.717, 1.165) is 19.3 Å². The first-order valence-corrected chi connectivity index (χ1v) is 13.6. The van der Waals surface area contributed by atoms with Crippen LogP contribution in [0.15, 0.2) is 30.3 Å². The number of likely N-dealkylation sites (tertiary alicyclic amines) is 1. The van der Waals surface area contributed by atoms with Gasteiger partial charge in [0.05, 0.1) is 12.7 Å². The van der Waals surface area contributed by atoms with Crippen molar-refractivity contribution >= 4 is 29.3 Å². The zero-order chi connectivity index (χ0) is 27.6. The molecular weight excluding hydrogens is 509 g/mol. The monoisotopic (exact) mass is 541 g/mol. The van der Waals surface area contributed by atoms with E-state index in [1.807, 2.05) is 6.07 Å². The molecule has 1 aromatic heterocycles. The Bertz CT molecular complexity index is 1260. The number of halogens is 1. The smallest absolute Gasteiger partial charge is 0.411 e. The van der Waals surface area contributed by atoms with E-state index in [1.54, 1.807) is 52.0 Å². The summed E-state index contributed by atoms with van der Waals surface area (Å²) in [5.74, 6) is -1.35. The highest BCUT2D eigenvalue weighted by Crippen LogP contribution is 2.43.